The van der Waals surface area contributed by atoms with Gasteiger partial charge in [0.15, 0.2) is 0 Å². The van der Waals surface area contributed by atoms with Crippen LogP contribution in [0.4, 0.5) is 0 Å². The highest BCUT2D eigenvalue weighted by atomic mass is 79.9. The average Bonchev–Trinajstić information content (AvgIpc) is 2.36. The SMILES string of the molecule is Cc1cc(OCC=C(Br)Br)cc(C)c1OCCCCO. The molecule has 0 aliphatic heterocycles. The predicted molar refractivity (Wildman–Crippen MR) is 89.2 cm³/mol. The minimum Gasteiger partial charge on any atom is -0.493 e. The molecule has 1 aromatic rings. The first kappa shape index (κ1) is 17.5. The van der Waals surface area contributed by atoms with Crippen molar-refractivity contribution in [2.45, 2.75) is 26.7 Å². The fourth-order valence-corrected chi connectivity index (χ4v) is 2.07. The lowest BCUT2D eigenvalue weighted by molar-refractivity contribution is 0.251. The smallest absolute Gasteiger partial charge is 0.125 e. The molecule has 112 valence electrons. The molecule has 0 saturated heterocycles. The Balaban J connectivity index is 2.63. The molecular formula is C15H20Br2O3. The van der Waals surface area contributed by atoms with E-state index in [1.807, 2.05) is 32.1 Å². The number of aryl methyl sites for hydroxylation is 2. The first-order valence-corrected chi connectivity index (χ1v) is 8.12. The zero-order valence-electron chi connectivity index (χ0n) is 11.8. The molecule has 0 aliphatic carbocycles. The van der Waals surface area contributed by atoms with E-state index in [0.29, 0.717) is 13.2 Å². The van der Waals surface area contributed by atoms with Crippen LogP contribution in [0, 0.1) is 13.8 Å². The third-order valence-corrected chi connectivity index (χ3v) is 3.37. The van der Waals surface area contributed by atoms with Gasteiger partial charge in [0, 0.05) is 6.61 Å². The van der Waals surface area contributed by atoms with Crippen molar-refractivity contribution in [3.05, 3.63) is 32.7 Å². The van der Waals surface area contributed by atoms with Crippen molar-refractivity contribution < 1.29 is 14.6 Å². The van der Waals surface area contributed by atoms with Gasteiger partial charge in [-0.05, 0) is 87.9 Å². The van der Waals surface area contributed by atoms with Crippen LogP contribution < -0.4 is 9.47 Å². The summed E-state index contributed by atoms with van der Waals surface area (Å²) in [5.74, 6) is 1.74. The third-order valence-electron chi connectivity index (χ3n) is 2.72. The van der Waals surface area contributed by atoms with Crippen molar-refractivity contribution in [3.8, 4) is 11.5 Å². The monoisotopic (exact) mass is 406 g/mol. The van der Waals surface area contributed by atoms with Crippen molar-refractivity contribution in [2.75, 3.05) is 19.8 Å². The molecule has 1 rings (SSSR count). The lowest BCUT2D eigenvalue weighted by atomic mass is 10.1. The fourth-order valence-electron chi connectivity index (χ4n) is 1.81. The van der Waals surface area contributed by atoms with Crippen LogP contribution in [0.5, 0.6) is 11.5 Å². The Morgan fingerprint density at radius 1 is 1.15 bits per heavy atom. The molecule has 1 N–H and O–H groups in total. The zero-order valence-corrected chi connectivity index (χ0v) is 15.0. The van der Waals surface area contributed by atoms with Gasteiger partial charge in [-0.3, -0.25) is 0 Å². The third kappa shape index (κ3) is 6.29. The molecule has 0 aliphatic rings. The van der Waals surface area contributed by atoms with Crippen LogP contribution in [0.25, 0.3) is 0 Å². The molecule has 0 saturated carbocycles. The van der Waals surface area contributed by atoms with Crippen molar-refractivity contribution in [3.63, 3.8) is 0 Å². The normalized spacial score (nSPS) is 10.2. The van der Waals surface area contributed by atoms with E-state index in [2.05, 4.69) is 31.9 Å². The molecule has 0 amide bonds. The van der Waals surface area contributed by atoms with E-state index in [0.717, 1.165) is 38.9 Å². The van der Waals surface area contributed by atoms with Crippen LogP contribution in [-0.2, 0) is 0 Å². The van der Waals surface area contributed by atoms with Gasteiger partial charge in [-0.1, -0.05) is 0 Å². The molecule has 0 atom stereocenters. The van der Waals surface area contributed by atoms with E-state index in [1.54, 1.807) is 0 Å². The number of hydrogen-bond donors (Lipinski definition) is 1. The molecule has 0 unspecified atom stereocenters. The van der Waals surface area contributed by atoms with E-state index in [1.165, 1.54) is 0 Å². The van der Waals surface area contributed by atoms with Gasteiger partial charge in [-0.25, -0.2) is 0 Å². The lowest BCUT2D eigenvalue weighted by Crippen LogP contribution is -2.02. The van der Waals surface area contributed by atoms with Crippen LogP contribution in [0.15, 0.2) is 21.6 Å². The van der Waals surface area contributed by atoms with Crippen molar-refractivity contribution in [1.82, 2.24) is 0 Å². The predicted octanol–water partition coefficient (Wildman–Crippen LogP) is 4.46. The molecule has 0 spiro atoms. The van der Waals surface area contributed by atoms with Crippen LogP contribution in [0.3, 0.4) is 0 Å². The summed E-state index contributed by atoms with van der Waals surface area (Å²) in [7, 11) is 0. The van der Waals surface area contributed by atoms with Crippen molar-refractivity contribution in [2.24, 2.45) is 0 Å². The van der Waals surface area contributed by atoms with Crippen LogP contribution in [0.1, 0.15) is 24.0 Å². The highest BCUT2D eigenvalue weighted by Crippen LogP contribution is 2.28. The summed E-state index contributed by atoms with van der Waals surface area (Å²) >= 11 is 6.58. The quantitative estimate of drug-likeness (QED) is 0.646. The van der Waals surface area contributed by atoms with Crippen LogP contribution in [-0.4, -0.2) is 24.9 Å². The molecule has 0 radical (unpaired) electrons. The van der Waals surface area contributed by atoms with Gasteiger partial charge in [0.1, 0.15) is 18.1 Å². The molecule has 0 bridgehead atoms. The second-order valence-electron chi connectivity index (χ2n) is 4.47. The van der Waals surface area contributed by atoms with Gasteiger partial charge in [-0.15, -0.1) is 0 Å². The van der Waals surface area contributed by atoms with Crippen LogP contribution in [0.2, 0.25) is 0 Å². The Labute approximate surface area is 137 Å². The number of hydrogen-bond acceptors (Lipinski definition) is 3. The average molecular weight is 408 g/mol. The Morgan fingerprint density at radius 3 is 2.35 bits per heavy atom. The zero-order chi connectivity index (χ0) is 15.0. The van der Waals surface area contributed by atoms with Gasteiger partial charge in [-0.2, -0.15) is 0 Å². The molecule has 0 heterocycles. The number of aliphatic hydroxyl groups excluding tert-OH is 1. The molecule has 0 aromatic heterocycles. The van der Waals surface area contributed by atoms with Crippen molar-refractivity contribution in [1.29, 1.82) is 0 Å². The number of ether oxygens (including phenoxy) is 2. The van der Waals surface area contributed by atoms with E-state index < -0.39 is 0 Å². The Morgan fingerprint density at radius 2 is 1.80 bits per heavy atom. The first-order chi connectivity index (χ1) is 9.54. The summed E-state index contributed by atoms with van der Waals surface area (Å²) in [6.07, 6.45) is 3.52. The van der Waals surface area contributed by atoms with E-state index in [4.69, 9.17) is 14.6 Å². The summed E-state index contributed by atoms with van der Waals surface area (Å²) in [4.78, 5) is 0. The molecule has 1 aromatic carbocycles. The van der Waals surface area contributed by atoms with E-state index in [-0.39, 0.29) is 6.61 Å². The largest absolute Gasteiger partial charge is 0.493 e. The number of unbranched alkanes of at least 4 members (excludes halogenated alkanes) is 1. The minimum atomic E-state index is 0.213. The fraction of sp³-hybridized carbons (Fsp3) is 0.467. The van der Waals surface area contributed by atoms with Gasteiger partial charge in [0.25, 0.3) is 0 Å². The standard InChI is InChI=1S/C15H20Br2O3/c1-11-9-13(19-8-5-14(16)17)10-12(2)15(11)20-7-4-3-6-18/h5,9-10,18H,3-4,6-8H2,1-2H3. The maximum Gasteiger partial charge on any atom is 0.125 e. The van der Waals surface area contributed by atoms with Crippen molar-refractivity contribution >= 4 is 31.9 Å². The van der Waals surface area contributed by atoms with Gasteiger partial charge < -0.3 is 14.6 Å². The highest BCUT2D eigenvalue weighted by Gasteiger charge is 2.07. The van der Waals surface area contributed by atoms with E-state index in [9.17, 15) is 0 Å². The number of rotatable bonds is 8. The summed E-state index contributed by atoms with van der Waals surface area (Å²) in [6, 6.07) is 3.95. The van der Waals surface area contributed by atoms with Crippen LogP contribution >= 0.6 is 31.9 Å². The number of halogens is 2. The van der Waals surface area contributed by atoms with Gasteiger partial charge in [0.05, 0.1) is 10.00 Å². The number of benzene rings is 1. The van der Waals surface area contributed by atoms with E-state index >= 15 is 0 Å². The van der Waals surface area contributed by atoms with Gasteiger partial charge >= 0.3 is 0 Å². The molecular weight excluding hydrogens is 388 g/mol. The Kier molecular flexibility index (Phi) is 8.26. The minimum absolute atomic E-state index is 0.213. The summed E-state index contributed by atoms with van der Waals surface area (Å²) < 4.78 is 12.3. The number of aliphatic hydroxyl groups is 1. The summed E-state index contributed by atoms with van der Waals surface area (Å²) in [5.41, 5.74) is 2.12. The second kappa shape index (κ2) is 9.42. The molecule has 3 nitrogen and oxygen atoms in total. The highest BCUT2D eigenvalue weighted by molar-refractivity contribution is 9.28. The Bertz CT molecular complexity index is 431. The summed E-state index contributed by atoms with van der Waals surface area (Å²) in [6.45, 7) is 5.36. The lowest BCUT2D eigenvalue weighted by Gasteiger charge is -2.14. The maximum absolute atomic E-state index is 8.75. The molecule has 20 heavy (non-hydrogen) atoms. The molecule has 5 heteroatoms. The Hall–Kier alpha value is -0.520. The molecule has 0 fully saturated rings. The second-order valence-corrected chi connectivity index (χ2v) is 7.24. The topological polar surface area (TPSA) is 38.7 Å². The summed E-state index contributed by atoms with van der Waals surface area (Å²) in [5, 5.41) is 8.75. The maximum atomic E-state index is 8.75. The van der Waals surface area contributed by atoms with Gasteiger partial charge in [0.2, 0.25) is 0 Å². The first-order valence-electron chi connectivity index (χ1n) is 6.53.